The second-order valence-electron chi connectivity index (χ2n) is 2.73. The second-order valence-corrected chi connectivity index (χ2v) is 3.86. The molecule has 0 heterocycles. The maximum atomic E-state index is 12.3. The lowest BCUT2D eigenvalue weighted by molar-refractivity contribution is -0.128. The molecule has 1 atom stereocenters. The van der Waals surface area contributed by atoms with Crippen molar-refractivity contribution < 1.29 is 17.9 Å². The van der Waals surface area contributed by atoms with E-state index in [1.54, 1.807) is 6.07 Å². The maximum absolute atomic E-state index is 12.3. The van der Waals surface area contributed by atoms with Gasteiger partial charge in [-0.05, 0) is 17.7 Å². The zero-order chi connectivity index (χ0) is 11.5. The Kier molecular flexibility index (Phi) is 4.28. The Morgan fingerprint density at radius 2 is 2.07 bits per heavy atom. The predicted molar refractivity (Wildman–Crippen MR) is 55.5 cm³/mol. The summed E-state index contributed by atoms with van der Waals surface area (Å²) < 4.78 is 41.9. The van der Waals surface area contributed by atoms with E-state index in [-0.39, 0.29) is 11.6 Å². The van der Waals surface area contributed by atoms with Crippen LogP contribution in [0.15, 0.2) is 24.3 Å². The van der Waals surface area contributed by atoms with E-state index in [1.807, 2.05) is 0 Å². The van der Waals surface area contributed by atoms with Gasteiger partial charge in [0.05, 0.1) is 0 Å². The highest BCUT2D eigenvalue weighted by Crippen LogP contribution is 2.40. The largest absolute Gasteiger partial charge is 0.478 e. The van der Waals surface area contributed by atoms with Gasteiger partial charge in [-0.25, -0.2) is 0 Å². The van der Waals surface area contributed by atoms with Gasteiger partial charge in [0, 0.05) is 0 Å². The van der Waals surface area contributed by atoms with Gasteiger partial charge in [-0.15, -0.1) is 0 Å². The smallest absolute Gasteiger partial charge is 0.405 e. The first-order valence-electron chi connectivity index (χ1n) is 3.94. The summed E-state index contributed by atoms with van der Waals surface area (Å²) in [5, 5.41) is 0. The van der Waals surface area contributed by atoms with Crippen LogP contribution in [0.5, 0.6) is 5.75 Å². The van der Waals surface area contributed by atoms with E-state index in [1.165, 1.54) is 18.2 Å². The molecular formula is C9H7BrClF3O. The number of benzene rings is 1. The number of rotatable bonds is 3. The van der Waals surface area contributed by atoms with Crippen LogP contribution in [0.3, 0.4) is 0 Å². The fourth-order valence-electron chi connectivity index (χ4n) is 1.01. The Bertz CT molecular complexity index is 329. The average Bonchev–Trinajstić information content (AvgIpc) is 2.16. The van der Waals surface area contributed by atoms with Crippen molar-refractivity contribution in [3.8, 4) is 5.75 Å². The fraction of sp³-hybridized carbons (Fsp3) is 0.333. The summed E-state index contributed by atoms with van der Waals surface area (Å²) in [6, 6.07) is 5.60. The Morgan fingerprint density at radius 3 is 2.60 bits per heavy atom. The minimum absolute atomic E-state index is 0.0881. The van der Waals surface area contributed by atoms with E-state index >= 15 is 0 Å². The first-order valence-corrected chi connectivity index (χ1v) is 5.39. The van der Waals surface area contributed by atoms with E-state index in [4.69, 9.17) is 16.3 Å². The monoisotopic (exact) mass is 302 g/mol. The van der Waals surface area contributed by atoms with E-state index in [0.717, 1.165) is 0 Å². The van der Waals surface area contributed by atoms with Crippen molar-refractivity contribution in [3.05, 3.63) is 29.8 Å². The first-order chi connectivity index (χ1) is 6.95. The Morgan fingerprint density at radius 1 is 1.40 bits per heavy atom. The highest BCUT2D eigenvalue weighted by Gasteiger charge is 2.38. The Balaban J connectivity index is 2.90. The molecule has 0 N–H and O–H groups in total. The SMILES string of the molecule is FC(F)(F)C(Br)c1cccc(OCCl)c1. The van der Waals surface area contributed by atoms with Crippen molar-refractivity contribution in [1.29, 1.82) is 0 Å². The number of halogens is 5. The number of hydrogen-bond acceptors (Lipinski definition) is 1. The van der Waals surface area contributed by atoms with Gasteiger partial charge in [-0.1, -0.05) is 39.7 Å². The van der Waals surface area contributed by atoms with Crippen molar-refractivity contribution in [2.24, 2.45) is 0 Å². The van der Waals surface area contributed by atoms with Crippen LogP contribution >= 0.6 is 27.5 Å². The quantitative estimate of drug-likeness (QED) is 0.758. The van der Waals surface area contributed by atoms with Gasteiger partial charge in [-0.2, -0.15) is 13.2 Å². The van der Waals surface area contributed by atoms with Crippen LogP contribution in [0.25, 0.3) is 0 Å². The van der Waals surface area contributed by atoms with E-state index in [2.05, 4.69) is 15.9 Å². The first kappa shape index (κ1) is 12.6. The normalized spacial score (nSPS) is 13.7. The lowest BCUT2D eigenvalue weighted by Crippen LogP contribution is -2.15. The van der Waals surface area contributed by atoms with Gasteiger partial charge in [0.2, 0.25) is 0 Å². The summed E-state index contributed by atoms with van der Waals surface area (Å²) >= 11 is 7.88. The van der Waals surface area contributed by atoms with Gasteiger partial charge in [0.15, 0.2) is 6.07 Å². The minimum Gasteiger partial charge on any atom is -0.478 e. The van der Waals surface area contributed by atoms with Gasteiger partial charge in [0.25, 0.3) is 0 Å². The van der Waals surface area contributed by atoms with Crippen LogP contribution in [0.2, 0.25) is 0 Å². The molecule has 0 aromatic heterocycles. The highest BCUT2D eigenvalue weighted by atomic mass is 79.9. The van der Waals surface area contributed by atoms with E-state index in [9.17, 15) is 13.2 Å². The molecule has 0 bridgehead atoms. The molecule has 1 rings (SSSR count). The van der Waals surface area contributed by atoms with Gasteiger partial charge >= 0.3 is 6.18 Å². The van der Waals surface area contributed by atoms with Gasteiger partial charge < -0.3 is 4.74 Å². The van der Waals surface area contributed by atoms with Crippen LogP contribution in [0.4, 0.5) is 13.2 Å². The predicted octanol–water partition coefficient (Wildman–Crippen LogP) is 4.26. The van der Waals surface area contributed by atoms with Crippen molar-refractivity contribution in [1.82, 2.24) is 0 Å². The molecule has 84 valence electrons. The highest BCUT2D eigenvalue weighted by molar-refractivity contribution is 9.09. The standard InChI is InChI=1S/C9H7BrClF3O/c10-8(9(12,13)14)6-2-1-3-7(4-6)15-5-11/h1-4,8H,5H2. The zero-order valence-electron chi connectivity index (χ0n) is 7.39. The van der Waals surface area contributed by atoms with Gasteiger partial charge in [-0.3, -0.25) is 0 Å². The second kappa shape index (κ2) is 5.07. The summed E-state index contributed by atoms with van der Waals surface area (Å²) in [4.78, 5) is -1.69. The summed E-state index contributed by atoms with van der Waals surface area (Å²) in [6.07, 6.45) is -4.32. The fourth-order valence-corrected chi connectivity index (χ4v) is 1.42. The van der Waals surface area contributed by atoms with Crippen LogP contribution in [-0.4, -0.2) is 12.2 Å². The van der Waals surface area contributed by atoms with Gasteiger partial charge in [0.1, 0.15) is 10.6 Å². The molecule has 0 fully saturated rings. The molecule has 15 heavy (non-hydrogen) atoms. The number of ether oxygens (including phenoxy) is 1. The molecule has 0 saturated carbocycles. The topological polar surface area (TPSA) is 9.23 Å². The van der Waals surface area contributed by atoms with Crippen LogP contribution < -0.4 is 4.74 Å². The van der Waals surface area contributed by atoms with Crippen molar-refractivity contribution in [2.75, 3.05) is 6.07 Å². The zero-order valence-corrected chi connectivity index (χ0v) is 9.73. The Labute approximate surface area is 98.3 Å². The van der Waals surface area contributed by atoms with Crippen molar-refractivity contribution in [2.45, 2.75) is 11.0 Å². The Hall–Kier alpha value is -0.420. The third-order valence-corrected chi connectivity index (χ3v) is 2.82. The van der Waals surface area contributed by atoms with Crippen molar-refractivity contribution >= 4 is 27.5 Å². The number of hydrogen-bond donors (Lipinski definition) is 0. The molecule has 0 radical (unpaired) electrons. The average molecular weight is 304 g/mol. The lowest BCUT2D eigenvalue weighted by Gasteiger charge is -2.14. The molecule has 6 heteroatoms. The molecule has 1 aromatic carbocycles. The molecule has 1 aromatic rings. The molecule has 1 unspecified atom stereocenters. The van der Waals surface area contributed by atoms with E-state index in [0.29, 0.717) is 5.75 Å². The van der Waals surface area contributed by atoms with Crippen LogP contribution in [0, 0.1) is 0 Å². The number of alkyl halides is 5. The molecule has 0 spiro atoms. The molecule has 0 aliphatic rings. The third kappa shape index (κ3) is 3.57. The van der Waals surface area contributed by atoms with E-state index < -0.39 is 11.0 Å². The minimum atomic E-state index is -4.32. The lowest BCUT2D eigenvalue weighted by atomic mass is 10.1. The third-order valence-electron chi connectivity index (χ3n) is 1.66. The van der Waals surface area contributed by atoms with Crippen molar-refractivity contribution in [3.63, 3.8) is 0 Å². The maximum Gasteiger partial charge on any atom is 0.405 e. The molecular weight excluding hydrogens is 296 g/mol. The summed E-state index contributed by atoms with van der Waals surface area (Å²) in [5.41, 5.74) is 0.0881. The summed E-state index contributed by atoms with van der Waals surface area (Å²) in [6.45, 7) is 0. The molecule has 0 amide bonds. The van der Waals surface area contributed by atoms with Crippen LogP contribution in [-0.2, 0) is 0 Å². The molecule has 0 aliphatic carbocycles. The molecule has 0 saturated heterocycles. The summed E-state index contributed by atoms with van der Waals surface area (Å²) in [7, 11) is 0. The van der Waals surface area contributed by atoms with Crippen LogP contribution in [0.1, 0.15) is 10.4 Å². The summed E-state index contributed by atoms with van der Waals surface area (Å²) in [5.74, 6) is 0.316. The molecule has 1 nitrogen and oxygen atoms in total. The molecule has 0 aliphatic heterocycles.